The third-order valence-corrected chi connectivity index (χ3v) is 7.06. The highest BCUT2D eigenvalue weighted by atomic mass is 16.4. The smallest absolute Gasteiger partial charge is 0.404 e. The highest BCUT2D eigenvalue weighted by Crippen LogP contribution is 2.32. The molecule has 0 aromatic carbocycles. The van der Waals surface area contributed by atoms with Crippen molar-refractivity contribution >= 4 is 6.09 Å². The molecular formula is C21H38N2O2. The standard InChI is InChI=1S/C21H38N2O2/c24-21(25)22-18-13-11-17(12-14-18)15-16-23(19-7-3-1-4-8-19)20-9-5-2-6-10-20/h17-20,22H,1-16H2,(H,24,25). The molecule has 3 rings (SSSR count). The van der Waals surface area contributed by atoms with Gasteiger partial charge in [0.25, 0.3) is 0 Å². The maximum atomic E-state index is 10.8. The summed E-state index contributed by atoms with van der Waals surface area (Å²) >= 11 is 0. The number of carboxylic acid groups (broad SMARTS) is 1. The Labute approximate surface area is 153 Å². The molecule has 0 atom stereocenters. The van der Waals surface area contributed by atoms with Crippen molar-refractivity contribution < 1.29 is 9.90 Å². The van der Waals surface area contributed by atoms with Gasteiger partial charge in [-0.05, 0) is 70.3 Å². The molecule has 0 aromatic rings. The van der Waals surface area contributed by atoms with Gasteiger partial charge in [-0.25, -0.2) is 4.79 Å². The number of hydrogen-bond donors (Lipinski definition) is 2. The zero-order valence-corrected chi connectivity index (χ0v) is 15.9. The summed E-state index contributed by atoms with van der Waals surface area (Å²) in [4.78, 5) is 13.7. The van der Waals surface area contributed by atoms with Crippen molar-refractivity contribution in [1.82, 2.24) is 10.2 Å². The monoisotopic (exact) mass is 350 g/mol. The van der Waals surface area contributed by atoms with Gasteiger partial charge < -0.3 is 10.4 Å². The summed E-state index contributed by atoms with van der Waals surface area (Å²) in [5.41, 5.74) is 0. The molecule has 3 saturated carbocycles. The first kappa shape index (κ1) is 19.0. The Hall–Kier alpha value is -0.770. The van der Waals surface area contributed by atoms with Crippen molar-refractivity contribution in [3.8, 4) is 0 Å². The van der Waals surface area contributed by atoms with Crippen molar-refractivity contribution in [2.75, 3.05) is 6.54 Å². The molecule has 3 aliphatic rings. The first-order valence-electron chi connectivity index (χ1n) is 11.0. The first-order chi connectivity index (χ1) is 12.2. The molecule has 144 valence electrons. The van der Waals surface area contributed by atoms with Gasteiger partial charge in [-0.15, -0.1) is 0 Å². The zero-order valence-electron chi connectivity index (χ0n) is 15.9. The van der Waals surface area contributed by atoms with Crippen LogP contribution in [0.25, 0.3) is 0 Å². The van der Waals surface area contributed by atoms with E-state index >= 15 is 0 Å². The summed E-state index contributed by atoms with van der Waals surface area (Å²) in [7, 11) is 0. The summed E-state index contributed by atoms with van der Waals surface area (Å²) in [6.45, 7) is 1.29. The largest absolute Gasteiger partial charge is 0.465 e. The summed E-state index contributed by atoms with van der Waals surface area (Å²) in [6, 6.07) is 1.89. The molecule has 0 bridgehead atoms. The van der Waals surface area contributed by atoms with Crippen LogP contribution in [0.4, 0.5) is 4.79 Å². The van der Waals surface area contributed by atoms with E-state index in [9.17, 15) is 4.79 Å². The van der Waals surface area contributed by atoms with Crippen LogP contribution in [0.1, 0.15) is 96.3 Å². The van der Waals surface area contributed by atoms with Gasteiger partial charge in [0.2, 0.25) is 0 Å². The number of hydrogen-bond acceptors (Lipinski definition) is 2. The Morgan fingerprint density at radius 3 is 1.80 bits per heavy atom. The van der Waals surface area contributed by atoms with Gasteiger partial charge in [-0.1, -0.05) is 38.5 Å². The number of amides is 1. The summed E-state index contributed by atoms with van der Waals surface area (Å²) < 4.78 is 0. The normalized spacial score (nSPS) is 29.6. The number of rotatable bonds is 6. The SMILES string of the molecule is O=C(O)NC1CCC(CCN(C2CCCCC2)C2CCCCC2)CC1. The third kappa shape index (κ3) is 5.87. The molecule has 0 spiro atoms. The molecule has 4 nitrogen and oxygen atoms in total. The molecule has 0 aromatic heterocycles. The molecule has 0 heterocycles. The van der Waals surface area contributed by atoms with E-state index in [4.69, 9.17) is 5.11 Å². The molecule has 1 amide bonds. The van der Waals surface area contributed by atoms with Crippen LogP contribution in [0, 0.1) is 5.92 Å². The van der Waals surface area contributed by atoms with Crippen LogP contribution in [0.5, 0.6) is 0 Å². The van der Waals surface area contributed by atoms with E-state index in [2.05, 4.69) is 10.2 Å². The topological polar surface area (TPSA) is 52.6 Å². The minimum absolute atomic E-state index is 0.196. The van der Waals surface area contributed by atoms with E-state index in [1.54, 1.807) is 0 Å². The van der Waals surface area contributed by atoms with Gasteiger partial charge in [-0.2, -0.15) is 0 Å². The van der Waals surface area contributed by atoms with Crippen LogP contribution in [-0.4, -0.2) is 40.8 Å². The predicted octanol–water partition coefficient (Wildman–Crippen LogP) is 5.17. The van der Waals surface area contributed by atoms with Gasteiger partial charge in [0.1, 0.15) is 0 Å². The van der Waals surface area contributed by atoms with E-state index in [0.29, 0.717) is 0 Å². The second kappa shape index (κ2) is 9.80. The maximum Gasteiger partial charge on any atom is 0.404 e. The predicted molar refractivity (Wildman–Crippen MR) is 102 cm³/mol. The average molecular weight is 351 g/mol. The van der Waals surface area contributed by atoms with Gasteiger partial charge in [0, 0.05) is 18.1 Å². The van der Waals surface area contributed by atoms with E-state index in [-0.39, 0.29) is 6.04 Å². The maximum absolute atomic E-state index is 10.8. The number of carbonyl (C=O) groups is 1. The summed E-state index contributed by atoms with van der Waals surface area (Å²) in [6.07, 6.45) is 19.2. The lowest BCUT2D eigenvalue weighted by Crippen LogP contribution is -2.46. The first-order valence-corrected chi connectivity index (χ1v) is 11.0. The lowest BCUT2D eigenvalue weighted by molar-refractivity contribution is 0.0713. The van der Waals surface area contributed by atoms with Crippen LogP contribution in [0.3, 0.4) is 0 Å². The Kier molecular flexibility index (Phi) is 7.45. The van der Waals surface area contributed by atoms with Crippen molar-refractivity contribution in [2.45, 2.75) is 114 Å². The van der Waals surface area contributed by atoms with Gasteiger partial charge >= 0.3 is 6.09 Å². The second-order valence-electron chi connectivity index (χ2n) is 8.78. The number of nitrogens with zero attached hydrogens (tertiary/aromatic N) is 1. The fourth-order valence-electron chi connectivity index (χ4n) is 5.59. The van der Waals surface area contributed by atoms with Crippen LogP contribution in [-0.2, 0) is 0 Å². The highest BCUT2D eigenvalue weighted by Gasteiger charge is 2.30. The Bertz CT molecular complexity index is 377. The fourth-order valence-corrected chi connectivity index (χ4v) is 5.59. The van der Waals surface area contributed by atoms with Crippen molar-refractivity contribution in [3.05, 3.63) is 0 Å². The van der Waals surface area contributed by atoms with Gasteiger partial charge in [-0.3, -0.25) is 4.90 Å². The van der Waals surface area contributed by atoms with Crippen LogP contribution in [0.2, 0.25) is 0 Å². The molecule has 25 heavy (non-hydrogen) atoms. The molecular weight excluding hydrogens is 312 g/mol. The molecule has 2 N–H and O–H groups in total. The Morgan fingerprint density at radius 2 is 1.32 bits per heavy atom. The highest BCUT2D eigenvalue weighted by molar-refractivity contribution is 5.64. The van der Waals surface area contributed by atoms with Crippen LogP contribution in [0.15, 0.2) is 0 Å². The van der Waals surface area contributed by atoms with Crippen molar-refractivity contribution in [2.24, 2.45) is 5.92 Å². The molecule has 3 aliphatic carbocycles. The molecule has 0 aliphatic heterocycles. The third-order valence-electron chi connectivity index (χ3n) is 7.06. The average Bonchev–Trinajstić information content (AvgIpc) is 2.65. The van der Waals surface area contributed by atoms with Crippen LogP contribution < -0.4 is 5.32 Å². The van der Waals surface area contributed by atoms with Gasteiger partial charge in [0.15, 0.2) is 0 Å². The van der Waals surface area contributed by atoms with E-state index in [1.807, 2.05) is 0 Å². The fraction of sp³-hybridized carbons (Fsp3) is 0.952. The minimum Gasteiger partial charge on any atom is -0.465 e. The number of nitrogens with one attached hydrogen (secondary N) is 1. The molecule has 0 saturated heterocycles. The lowest BCUT2D eigenvalue weighted by atomic mass is 9.83. The van der Waals surface area contributed by atoms with Crippen LogP contribution >= 0.6 is 0 Å². The molecule has 4 heteroatoms. The van der Waals surface area contributed by atoms with E-state index < -0.39 is 6.09 Å². The Balaban J connectivity index is 1.47. The Morgan fingerprint density at radius 1 is 0.800 bits per heavy atom. The quantitative estimate of drug-likeness (QED) is 0.695. The van der Waals surface area contributed by atoms with E-state index in [1.165, 1.54) is 90.0 Å². The summed E-state index contributed by atoms with van der Waals surface area (Å²) in [5.74, 6) is 0.807. The minimum atomic E-state index is -0.857. The van der Waals surface area contributed by atoms with E-state index in [0.717, 1.165) is 30.8 Å². The lowest BCUT2D eigenvalue weighted by Gasteiger charge is -2.42. The summed E-state index contributed by atoms with van der Waals surface area (Å²) in [5, 5.41) is 11.6. The van der Waals surface area contributed by atoms with Crippen molar-refractivity contribution in [3.63, 3.8) is 0 Å². The van der Waals surface area contributed by atoms with Crippen molar-refractivity contribution in [1.29, 1.82) is 0 Å². The van der Waals surface area contributed by atoms with Gasteiger partial charge in [0.05, 0.1) is 0 Å². The second-order valence-corrected chi connectivity index (χ2v) is 8.78. The molecule has 3 fully saturated rings. The zero-order chi connectivity index (χ0) is 17.5. The molecule has 0 radical (unpaired) electrons. The molecule has 0 unspecified atom stereocenters.